The monoisotopic (exact) mass is 313 g/mol. The van der Waals surface area contributed by atoms with E-state index in [0.717, 1.165) is 18.3 Å². The van der Waals surface area contributed by atoms with E-state index in [2.05, 4.69) is 10.3 Å². The van der Waals surface area contributed by atoms with Crippen LogP contribution < -0.4 is 15.8 Å². The van der Waals surface area contributed by atoms with Crippen LogP contribution in [0, 0.1) is 11.6 Å². The Bertz CT molecular complexity index is 682. The highest BCUT2D eigenvalue weighted by Gasteiger charge is 2.11. The molecular weight excluding hydrogens is 304 g/mol. The average Bonchev–Trinajstić information content (AvgIpc) is 2.40. The van der Waals surface area contributed by atoms with Gasteiger partial charge in [-0.1, -0.05) is 11.6 Å². The number of primary amides is 1. The third-order valence-corrected chi connectivity index (χ3v) is 2.82. The van der Waals surface area contributed by atoms with Gasteiger partial charge in [-0.05, 0) is 12.1 Å². The molecule has 8 heteroatoms. The van der Waals surface area contributed by atoms with E-state index in [4.69, 9.17) is 22.1 Å². The van der Waals surface area contributed by atoms with Crippen molar-refractivity contribution in [2.24, 2.45) is 5.73 Å². The van der Waals surface area contributed by atoms with Crippen molar-refractivity contribution in [1.29, 1.82) is 0 Å². The maximum absolute atomic E-state index is 13.7. The number of amides is 2. The Kier molecular flexibility index (Phi) is 4.54. The summed E-state index contributed by atoms with van der Waals surface area (Å²) in [5.41, 5.74) is 5.10. The molecule has 0 saturated heterocycles. The van der Waals surface area contributed by atoms with Gasteiger partial charge in [-0.2, -0.15) is 0 Å². The Hall–Kier alpha value is -2.41. The van der Waals surface area contributed by atoms with E-state index in [9.17, 15) is 13.6 Å². The van der Waals surface area contributed by atoms with Crippen LogP contribution in [0.5, 0.6) is 5.75 Å². The average molecular weight is 314 g/mol. The molecule has 0 unspecified atom stereocenters. The van der Waals surface area contributed by atoms with Crippen molar-refractivity contribution < 1.29 is 18.3 Å². The fraction of sp³-hybridized carbons (Fsp3) is 0.0769. The normalized spacial score (nSPS) is 10.2. The maximum atomic E-state index is 13.7. The highest BCUT2D eigenvalue weighted by molar-refractivity contribution is 6.31. The van der Waals surface area contributed by atoms with Gasteiger partial charge in [0.05, 0.1) is 18.1 Å². The summed E-state index contributed by atoms with van der Waals surface area (Å²) in [4.78, 5) is 14.3. The number of hydrogen-bond acceptors (Lipinski definition) is 3. The lowest BCUT2D eigenvalue weighted by Crippen LogP contribution is -2.20. The zero-order valence-corrected chi connectivity index (χ0v) is 11.3. The quantitative estimate of drug-likeness (QED) is 0.910. The standard InChI is InChI=1S/C13H10ClF2N3O2/c14-10-3-12(19-13(17)20)11(16)1-7(10)6-21-9-2-8(15)4-18-5-9/h1-5H,6H2,(H3,17,19,20). The molecule has 0 spiro atoms. The molecule has 3 N–H and O–H groups in total. The van der Waals surface area contributed by atoms with Crippen LogP contribution in [0.3, 0.4) is 0 Å². The van der Waals surface area contributed by atoms with Crippen LogP contribution in [0.25, 0.3) is 0 Å². The summed E-state index contributed by atoms with van der Waals surface area (Å²) >= 11 is 5.95. The first-order valence-electron chi connectivity index (χ1n) is 5.73. The Balaban J connectivity index is 2.13. The lowest BCUT2D eigenvalue weighted by molar-refractivity contribution is 0.259. The molecule has 2 amide bonds. The third-order valence-electron chi connectivity index (χ3n) is 2.47. The second kappa shape index (κ2) is 6.36. The number of aromatic nitrogens is 1. The van der Waals surface area contributed by atoms with Gasteiger partial charge in [0.1, 0.15) is 24.0 Å². The van der Waals surface area contributed by atoms with Gasteiger partial charge in [0.2, 0.25) is 0 Å². The first-order chi connectivity index (χ1) is 9.95. The second-order valence-electron chi connectivity index (χ2n) is 4.04. The van der Waals surface area contributed by atoms with Gasteiger partial charge in [-0.25, -0.2) is 13.6 Å². The van der Waals surface area contributed by atoms with E-state index < -0.39 is 17.7 Å². The number of urea groups is 1. The van der Waals surface area contributed by atoms with Crippen molar-refractivity contribution in [2.45, 2.75) is 6.61 Å². The van der Waals surface area contributed by atoms with Crippen LogP contribution in [0.4, 0.5) is 19.3 Å². The van der Waals surface area contributed by atoms with Crippen LogP contribution in [0.15, 0.2) is 30.6 Å². The molecule has 0 aliphatic carbocycles. The van der Waals surface area contributed by atoms with E-state index >= 15 is 0 Å². The van der Waals surface area contributed by atoms with E-state index in [1.807, 2.05) is 0 Å². The molecule has 0 fully saturated rings. The van der Waals surface area contributed by atoms with Crippen molar-refractivity contribution in [3.05, 3.63) is 52.8 Å². The van der Waals surface area contributed by atoms with Gasteiger partial charge in [-0.3, -0.25) is 4.98 Å². The number of ether oxygens (including phenoxy) is 1. The zero-order valence-electron chi connectivity index (χ0n) is 10.6. The lowest BCUT2D eigenvalue weighted by Gasteiger charge is -2.10. The van der Waals surface area contributed by atoms with Crippen LogP contribution in [0.2, 0.25) is 5.02 Å². The minimum absolute atomic E-state index is 0.0856. The summed E-state index contributed by atoms with van der Waals surface area (Å²) in [7, 11) is 0. The fourth-order valence-electron chi connectivity index (χ4n) is 1.56. The smallest absolute Gasteiger partial charge is 0.316 e. The molecule has 110 valence electrons. The van der Waals surface area contributed by atoms with Crippen LogP contribution in [-0.2, 0) is 6.61 Å². The molecule has 0 aliphatic rings. The summed E-state index contributed by atoms with van der Waals surface area (Å²) in [6, 6.07) is 2.55. The molecule has 2 rings (SSSR count). The number of nitrogens with zero attached hydrogens (tertiary/aromatic N) is 1. The number of nitrogens with one attached hydrogen (secondary N) is 1. The molecular formula is C13H10ClF2N3O2. The van der Waals surface area contributed by atoms with Crippen LogP contribution >= 0.6 is 11.6 Å². The molecule has 0 radical (unpaired) electrons. The van der Waals surface area contributed by atoms with Crippen molar-refractivity contribution >= 4 is 23.3 Å². The number of rotatable bonds is 4. The van der Waals surface area contributed by atoms with Crippen LogP contribution in [-0.4, -0.2) is 11.0 Å². The SMILES string of the molecule is NC(=O)Nc1cc(Cl)c(COc2cncc(F)c2)cc1F. The Morgan fingerprint density at radius 1 is 1.33 bits per heavy atom. The number of benzene rings is 1. The number of carbonyl (C=O) groups excluding carboxylic acids is 1. The zero-order chi connectivity index (χ0) is 15.4. The molecule has 0 saturated carbocycles. The number of halogens is 3. The number of carbonyl (C=O) groups is 1. The van der Waals surface area contributed by atoms with E-state index in [1.165, 1.54) is 12.3 Å². The molecule has 1 heterocycles. The summed E-state index contributed by atoms with van der Waals surface area (Å²) in [5.74, 6) is -1.08. The summed E-state index contributed by atoms with van der Waals surface area (Å²) in [6.45, 7) is -0.0856. The van der Waals surface area contributed by atoms with Crippen molar-refractivity contribution in [2.75, 3.05) is 5.32 Å². The topological polar surface area (TPSA) is 77.2 Å². The second-order valence-corrected chi connectivity index (χ2v) is 4.45. The molecule has 2 aromatic rings. The highest BCUT2D eigenvalue weighted by atomic mass is 35.5. The predicted octanol–water partition coefficient (Wildman–Crippen LogP) is 3.08. The van der Waals surface area contributed by atoms with Gasteiger partial charge in [0.25, 0.3) is 0 Å². The highest BCUT2D eigenvalue weighted by Crippen LogP contribution is 2.25. The van der Waals surface area contributed by atoms with Crippen LogP contribution in [0.1, 0.15) is 5.56 Å². The molecule has 21 heavy (non-hydrogen) atoms. The summed E-state index contributed by atoms with van der Waals surface area (Å²) in [6.07, 6.45) is 2.35. The molecule has 0 atom stereocenters. The Labute approximate surface area is 123 Å². The first-order valence-corrected chi connectivity index (χ1v) is 6.11. The van der Waals surface area contributed by atoms with Gasteiger partial charge in [-0.15, -0.1) is 0 Å². The van der Waals surface area contributed by atoms with Gasteiger partial charge in [0, 0.05) is 16.7 Å². The Morgan fingerprint density at radius 3 is 2.76 bits per heavy atom. The fourth-order valence-corrected chi connectivity index (χ4v) is 1.78. The number of pyridine rings is 1. The van der Waals surface area contributed by atoms with Gasteiger partial charge >= 0.3 is 6.03 Å². The molecule has 0 bridgehead atoms. The molecule has 1 aromatic carbocycles. The van der Waals surface area contributed by atoms with Crippen molar-refractivity contribution in [3.8, 4) is 5.75 Å². The van der Waals surface area contributed by atoms with Gasteiger partial charge in [0.15, 0.2) is 0 Å². The van der Waals surface area contributed by atoms with E-state index in [-0.39, 0.29) is 23.1 Å². The number of anilines is 1. The minimum atomic E-state index is -0.903. The maximum Gasteiger partial charge on any atom is 0.316 e. The third kappa shape index (κ3) is 4.03. The lowest BCUT2D eigenvalue weighted by atomic mass is 10.2. The Morgan fingerprint density at radius 2 is 2.10 bits per heavy atom. The van der Waals surface area contributed by atoms with E-state index in [1.54, 1.807) is 0 Å². The van der Waals surface area contributed by atoms with Crippen molar-refractivity contribution in [1.82, 2.24) is 4.98 Å². The van der Waals surface area contributed by atoms with E-state index in [0.29, 0.717) is 5.56 Å². The van der Waals surface area contributed by atoms with Crippen molar-refractivity contribution in [3.63, 3.8) is 0 Å². The minimum Gasteiger partial charge on any atom is -0.487 e. The number of hydrogen-bond donors (Lipinski definition) is 2. The first kappa shape index (κ1) is 15.0. The molecule has 1 aromatic heterocycles. The molecule has 0 aliphatic heterocycles. The van der Waals surface area contributed by atoms with Gasteiger partial charge < -0.3 is 15.8 Å². The largest absolute Gasteiger partial charge is 0.487 e. The molecule has 5 nitrogen and oxygen atoms in total. The predicted molar refractivity (Wildman–Crippen MR) is 73.1 cm³/mol. The number of nitrogens with two attached hydrogens (primary N) is 1. The summed E-state index contributed by atoms with van der Waals surface area (Å²) < 4.78 is 31.9. The summed E-state index contributed by atoms with van der Waals surface area (Å²) in [5, 5.41) is 2.27.